The lowest BCUT2D eigenvalue weighted by Crippen LogP contribution is -2.40. The van der Waals surface area contributed by atoms with Gasteiger partial charge in [-0.25, -0.2) is 0 Å². The van der Waals surface area contributed by atoms with Crippen molar-refractivity contribution in [2.45, 2.75) is 39.8 Å². The first-order chi connectivity index (χ1) is 15.4. The van der Waals surface area contributed by atoms with Crippen LogP contribution in [0.5, 0.6) is 17.2 Å². The average Bonchev–Trinajstić information content (AvgIpc) is 3.02. The van der Waals surface area contributed by atoms with Crippen molar-refractivity contribution in [3.63, 3.8) is 0 Å². The van der Waals surface area contributed by atoms with E-state index >= 15 is 0 Å². The number of rotatable bonds is 7. The number of nitrogens with zero attached hydrogens (tertiary/aromatic N) is 1. The summed E-state index contributed by atoms with van der Waals surface area (Å²) in [5, 5.41) is 9.65. The number of Topliss-reactive ketones (excluding diaryl/α,β-unsaturated/α-hetero) is 1. The highest BCUT2D eigenvalue weighted by atomic mass is 16.5. The van der Waals surface area contributed by atoms with Gasteiger partial charge in [-0.3, -0.25) is 9.59 Å². The zero-order chi connectivity index (χ0) is 23.0. The van der Waals surface area contributed by atoms with E-state index in [2.05, 4.69) is 0 Å². The van der Waals surface area contributed by atoms with Gasteiger partial charge in [0.1, 0.15) is 5.75 Å². The van der Waals surface area contributed by atoms with Crippen LogP contribution >= 0.6 is 0 Å². The molecule has 2 heterocycles. The van der Waals surface area contributed by atoms with Crippen LogP contribution in [-0.2, 0) is 4.79 Å². The predicted molar refractivity (Wildman–Crippen MR) is 118 cm³/mol. The Morgan fingerprint density at radius 2 is 1.75 bits per heavy atom. The maximum Gasteiger partial charge on any atom is 0.265 e. The number of carbonyl (C=O) groups excluding carboxylic acids is 2. The summed E-state index contributed by atoms with van der Waals surface area (Å²) >= 11 is 0. The molecule has 3 unspecified atom stereocenters. The number of amides is 1. The molecule has 0 saturated carbocycles. The molecule has 4 rings (SSSR count). The van der Waals surface area contributed by atoms with Crippen LogP contribution in [0.15, 0.2) is 30.3 Å². The molecule has 0 aliphatic carbocycles. The minimum Gasteiger partial charge on any atom is -0.490 e. The number of ketones is 1. The molecule has 170 valence electrons. The van der Waals surface area contributed by atoms with Crippen LogP contribution < -0.4 is 14.2 Å². The van der Waals surface area contributed by atoms with E-state index in [4.69, 9.17) is 14.2 Å². The zero-order valence-corrected chi connectivity index (χ0v) is 18.9. The van der Waals surface area contributed by atoms with Crippen LogP contribution in [0.25, 0.3) is 0 Å². The minimum absolute atomic E-state index is 0.110. The zero-order valence-electron chi connectivity index (χ0n) is 18.9. The van der Waals surface area contributed by atoms with E-state index in [1.165, 1.54) is 0 Å². The van der Waals surface area contributed by atoms with Crippen molar-refractivity contribution < 1.29 is 28.9 Å². The molecule has 0 spiro atoms. The summed E-state index contributed by atoms with van der Waals surface area (Å²) in [6.45, 7) is 8.43. The van der Waals surface area contributed by atoms with Crippen molar-refractivity contribution in [1.82, 2.24) is 4.90 Å². The molecule has 2 aromatic rings. The van der Waals surface area contributed by atoms with E-state index < -0.39 is 18.1 Å². The summed E-state index contributed by atoms with van der Waals surface area (Å²) < 4.78 is 17.6. The average molecular weight is 440 g/mol. The van der Waals surface area contributed by atoms with Gasteiger partial charge < -0.3 is 24.2 Å². The second-order valence-electron chi connectivity index (χ2n) is 8.16. The quantitative estimate of drug-likeness (QED) is 0.713. The van der Waals surface area contributed by atoms with E-state index in [1.807, 2.05) is 45.9 Å². The molecule has 0 radical (unpaired) electrons. The van der Waals surface area contributed by atoms with Crippen molar-refractivity contribution in [1.29, 1.82) is 0 Å². The Morgan fingerprint density at radius 1 is 1.03 bits per heavy atom. The molecule has 7 nitrogen and oxygen atoms in total. The lowest BCUT2D eigenvalue weighted by molar-refractivity contribution is -0.135. The maximum absolute atomic E-state index is 13.7. The SMILES string of the molecule is CCOc1ccc(C2C3C(=O)c4c(C)cc(C)cc4OC3C(=O)N2CCO)cc1OCC. The molecular weight excluding hydrogens is 410 g/mol. The van der Waals surface area contributed by atoms with Crippen LogP contribution in [0.1, 0.15) is 46.9 Å². The number of carbonyl (C=O) groups is 2. The van der Waals surface area contributed by atoms with E-state index in [0.29, 0.717) is 36.0 Å². The Hall–Kier alpha value is -3.06. The molecule has 2 aromatic carbocycles. The third-order valence-electron chi connectivity index (χ3n) is 6.03. The van der Waals surface area contributed by atoms with Gasteiger partial charge in [-0.1, -0.05) is 12.1 Å². The van der Waals surface area contributed by atoms with Crippen LogP contribution in [0, 0.1) is 19.8 Å². The lowest BCUT2D eigenvalue weighted by atomic mass is 9.82. The smallest absolute Gasteiger partial charge is 0.265 e. The van der Waals surface area contributed by atoms with E-state index in [0.717, 1.165) is 16.7 Å². The Balaban J connectivity index is 1.82. The number of benzene rings is 2. The second-order valence-corrected chi connectivity index (χ2v) is 8.16. The molecule has 2 aliphatic heterocycles. The van der Waals surface area contributed by atoms with Crippen molar-refractivity contribution in [2.75, 3.05) is 26.4 Å². The summed E-state index contributed by atoms with van der Waals surface area (Å²) in [6.07, 6.45) is -0.921. The number of aliphatic hydroxyl groups excluding tert-OH is 1. The van der Waals surface area contributed by atoms with Crippen LogP contribution in [0.4, 0.5) is 0 Å². The summed E-state index contributed by atoms with van der Waals surface area (Å²) in [4.78, 5) is 28.6. The van der Waals surface area contributed by atoms with Gasteiger partial charge in [0.25, 0.3) is 5.91 Å². The largest absolute Gasteiger partial charge is 0.490 e. The fourth-order valence-corrected chi connectivity index (χ4v) is 4.85. The van der Waals surface area contributed by atoms with Crippen LogP contribution in [-0.4, -0.2) is 54.2 Å². The highest BCUT2D eigenvalue weighted by Crippen LogP contribution is 2.47. The standard InChI is InChI=1S/C25H29NO6/c1-5-30-17-8-7-16(13-18(17)31-6-2)22-21-23(28)20-15(4)11-14(3)12-19(20)32-24(21)25(29)26(22)9-10-27/h7-8,11-13,21-22,24,27H,5-6,9-10H2,1-4H3. The number of hydrogen-bond acceptors (Lipinski definition) is 6. The topological polar surface area (TPSA) is 85.3 Å². The van der Waals surface area contributed by atoms with Crippen molar-refractivity contribution >= 4 is 11.7 Å². The molecule has 1 saturated heterocycles. The molecule has 32 heavy (non-hydrogen) atoms. The number of aliphatic hydroxyl groups is 1. The Kier molecular flexibility index (Phi) is 6.11. The number of ether oxygens (including phenoxy) is 3. The number of aryl methyl sites for hydroxylation is 2. The summed E-state index contributed by atoms with van der Waals surface area (Å²) in [5.74, 6) is 0.501. The van der Waals surface area contributed by atoms with Gasteiger partial charge >= 0.3 is 0 Å². The van der Waals surface area contributed by atoms with E-state index in [9.17, 15) is 14.7 Å². The first-order valence-corrected chi connectivity index (χ1v) is 11.0. The lowest BCUT2D eigenvalue weighted by Gasteiger charge is -2.31. The van der Waals surface area contributed by atoms with Crippen molar-refractivity contribution in [2.24, 2.45) is 5.92 Å². The Bertz CT molecular complexity index is 1050. The summed E-state index contributed by atoms with van der Waals surface area (Å²) in [6, 6.07) is 8.65. The third-order valence-corrected chi connectivity index (χ3v) is 6.03. The summed E-state index contributed by atoms with van der Waals surface area (Å²) in [7, 11) is 0. The van der Waals surface area contributed by atoms with Gasteiger partial charge in [0.15, 0.2) is 23.4 Å². The molecular formula is C25H29NO6. The van der Waals surface area contributed by atoms with Crippen molar-refractivity contribution in [3.05, 3.63) is 52.6 Å². The first-order valence-electron chi connectivity index (χ1n) is 11.0. The van der Waals surface area contributed by atoms with Gasteiger partial charge in [0, 0.05) is 6.54 Å². The normalized spacial score (nSPS) is 21.8. The Morgan fingerprint density at radius 3 is 2.44 bits per heavy atom. The third kappa shape index (κ3) is 3.60. The van der Waals surface area contributed by atoms with Gasteiger partial charge in [0.05, 0.1) is 37.3 Å². The van der Waals surface area contributed by atoms with Gasteiger partial charge in [-0.05, 0) is 62.6 Å². The maximum atomic E-state index is 13.7. The first kappa shape index (κ1) is 22.1. The molecule has 2 aliphatic rings. The van der Waals surface area contributed by atoms with Crippen molar-refractivity contribution in [3.8, 4) is 17.2 Å². The highest BCUT2D eigenvalue weighted by Gasteiger charge is 2.56. The van der Waals surface area contributed by atoms with Gasteiger partial charge in [-0.2, -0.15) is 0 Å². The molecule has 1 N–H and O–H groups in total. The number of likely N-dealkylation sites (tertiary alicyclic amines) is 1. The van der Waals surface area contributed by atoms with Gasteiger partial charge in [-0.15, -0.1) is 0 Å². The monoisotopic (exact) mass is 439 g/mol. The Labute approximate surface area is 187 Å². The molecule has 1 fully saturated rings. The molecule has 3 atom stereocenters. The highest BCUT2D eigenvalue weighted by molar-refractivity contribution is 6.08. The number of hydrogen-bond donors (Lipinski definition) is 1. The van der Waals surface area contributed by atoms with E-state index in [-0.39, 0.29) is 24.8 Å². The van der Waals surface area contributed by atoms with E-state index in [1.54, 1.807) is 17.0 Å². The predicted octanol–water partition coefficient (Wildman–Crippen LogP) is 3.24. The fourth-order valence-electron chi connectivity index (χ4n) is 4.85. The minimum atomic E-state index is -0.921. The molecule has 0 bridgehead atoms. The second kappa shape index (κ2) is 8.82. The fraction of sp³-hybridized carbons (Fsp3) is 0.440. The van der Waals surface area contributed by atoms with Crippen LogP contribution in [0.3, 0.4) is 0 Å². The molecule has 1 amide bonds. The molecule has 0 aromatic heterocycles. The van der Waals surface area contributed by atoms with Crippen LogP contribution in [0.2, 0.25) is 0 Å². The number of β-amino-alcohol motifs (C(OH)–C–C–N with tert-alkyl or cyclic N) is 1. The number of fused-ring (bicyclic) bond motifs is 2. The molecule has 7 heteroatoms. The van der Waals surface area contributed by atoms with Gasteiger partial charge in [0.2, 0.25) is 0 Å². The summed E-state index contributed by atoms with van der Waals surface area (Å²) in [5.41, 5.74) is 3.07.